The van der Waals surface area contributed by atoms with Crippen molar-refractivity contribution in [1.82, 2.24) is 4.90 Å². The number of imide groups is 1. The molecule has 2 aromatic carbocycles. The number of halogens is 1. The lowest BCUT2D eigenvalue weighted by Crippen LogP contribution is -2.43. The molecule has 1 aliphatic rings. The minimum absolute atomic E-state index is 0.0257. The highest BCUT2D eigenvalue weighted by Crippen LogP contribution is 2.32. The molecule has 0 bridgehead atoms. The molecule has 3 rings (SSSR count). The van der Waals surface area contributed by atoms with E-state index in [9.17, 15) is 19.2 Å². The van der Waals surface area contributed by atoms with Crippen LogP contribution in [0, 0.1) is 17.1 Å². The molecule has 182 valence electrons. The maximum atomic E-state index is 14.0. The fourth-order valence-electron chi connectivity index (χ4n) is 3.79. The highest BCUT2D eigenvalue weighted by Gasteiger charge is 2.35. The van der Waals surface area contributed by atoms with Crippen LogP contribution in [-0.2, 0) is 16.2 Å². The van der Waals surface area contributed by atoms with E-state index in [0.29, 0.717) is 46.8 Å². The van der Waals surface area contributed by atoms with Gasteiger partial charge in [-0.25, -0.2) is 4.39 Å². The first-order valence-electron chi connectivity index (χ1n) is 11.7. The number of hydrogen-bond acceptors (Lipinski definition) is 5. The number of carbonyl (C=O) groups excluding carboxylic acids is 2. The van der Waals surface area contributed by atoms with Gasteiger partial charge in [0.05, 0.1) is 6.61 Å². The molecule has 0 saturated heterocycles. The Morgan fingerprint density at radius 1 is 1.03 bits per heavy atom. The smallest absolute Gasteiger partial charge is 0.271 e. The molecule has 0 aromatic heterocycles. The maximum Gasteiger partial charge on any atom is 0.271 e. The number of ether oxygens (including phenoxy) is 2. The number of nitrogens with zero attached hydrogens (tertiary/aromatic N) is 2. The van der Waals surface area contributed by atoms with Gasteiger partial charge in [0.15, 0.2) is 11.5 Å². The number of benzene rings is 2. The zero-order chi connectivity index (χ0) is 25.4. The van der Waals surface area contributed by atoms with Crippen molar-refractivity contribution in [3.05, 3.63) is 76.1 Å². The second kappa shape index (κ2) is 12.0. The molecule has 6 nitrogen and oxygen atoms in total. The molecule has 0 atom stereocenters. The molecule has 1 aliphatic heterocycles. The van der Waals surface area contributed by atoms with E-state index in [1.807, 2.05) is 19.9 Å². The molecule has 7 heteroatoms. The molecule has 0 spiro atoms. The Labute approximate surface area is 205 Å². The lowest BCUT2D eigenvalue weighted by Gasteiger charge is -2.27. The largest absolute Gasteiger partial charge is 0.490 e. The van der Waals surface area contributed by atoms with Gasteiger partial charge in [-0.1, -0.05) is 44.0 Å². The van der Waals surface area contributed by atoms with E-state index in [2.05, 4.69) is 0 Å². The van der Waals surface area contributed by atoms with Gasteiger partial charge in [-0.3, -0.25) is 14.5 Å². The van der Waals surface area contributed by atoms with Crippen LogP contribution in [0.3, 0.4) is 0 Å². The van der Waals surface area contributed by atoms with Crippen LogP contribution in [0.2, 0.25) is 0 Å². The minimum Gasteiger partial charge on any atom is -0.490 e. The number of carbonyl (C=O) groups is 2. The predicted octanol–water partition coefficient (Wildman–Crippen LogP) is 5.59. The Hall–Kier alpha value is -3.92. The summed E-state index contributed by atoms with van der Waals surface area (Å²) in [5, 5.41) is 9.56. The average Bonchev–Trinajstić information content (AvgIpc) is 2.85. The molecule has 0 N–H and O–H groups in total. The lowest BCUT2D eigenvalue weighted by molar-refractivity contribution is -0.140. The molecule has 1 heterocycles. The highest BCUT2D eigenvalue weighted by molar-refractivity contribution is 6.19. The van der Waals surface area contributed by atoms with E-state index in [0.717, 1.165) is 17.7 Å². The van der Waals surface area contributed by atoms with Gasteiger partial charge in [-0.2, -0.15) is 5.26 Å². The quantitative estimate of drug-likeness (QED) is 0.254. The number of amides is 2. The zero-order valence-corrected chi connectivity index (χ0v) is 20.3. The Morgan fingerprint density at radius 3 is 2.49 bits per heavy atom. The van der Waals surface area contributed by atoms with E-state index >= 15 is 0 Å². The van der Waals surface area contributed by atoms with Gasteiger partial charge in [-0.05, 0) is 55.7 Å². The SMILES string of the molecule is CCCCCN1C(=O)C(C#N)=C(C)/C(=C\c2ccc(OCc3ccccc3F)c(OCC)c2)C1=O. The topological polar surface area (TPSA) is 79.6 Å². The number of nitriles is 1. The van der Waals surface area contributed by atoms with Gasteiger partial charge in [0.2, 0.25) is 0 Å². The third kappa shape index (κ3) is 5.96. The van der Waals surface area contributed by atoms with Crippen molar-refractivity contribution in [3.8, 4) is 17.6 Å². The summed E-state index contributed by atoms with van der Waals surface area (Å²) in [6.45, 7) is 6.17. The Kier molecular flexibility index (Phi) is 8.80. The first-order valence-corrected chi connectivity index (χ1v) is 11.7. The predicted molar refractivity (Wildman–Crippen MR) is 131 cm³/mol. The summed E-state index contributed by atoms with van der Waals surface area (Å²) in [6, 6.07) is 13.5. The van der Waals surface area contributed by atoms with Crippen LogP contribution in [0.4, 0.5) is 4.39 Å². The maximum absolute atomic E-state index is 14.0. The Balaban J connectivity index is 1.92. The minimum atomic E-state index is -0.546. The first-order chi connectivity index (χ1) is 16.9. The van der Waals surface area contributed by atoms with Crippen molar-refractivity contribution in [1.29, 1.82) is 5.26 Å². The van der Waals surface area contributed by atoms with Crippen molar-refractivity contribution in [3.63, 3.8) is 0 Å². The molecule has 0 unspecified atom stereocenters. The number of rotatable bonds is 10. The summed E-state index contributed by atoms with van der Waals surface area (Å²) in [5.41, 5.74) is 1.69. The summed E-state index contributed by atoms with van der Waals surface area (Å²) in [4.78, 5) is 27.0. The van der Waals surface area contributed by atoms with Gasteiger partial charge in [0, 0.05) is 17.7 Å². The van der Waals surface area contributed by atoms with Gasteiger partial charge < -0.3 is 9.47 Å². The van der Waals surface area contributed by atoms with Crippen LogP contribution < -0.4 is 9.47 Å². The van der Waals surface area contributed by atoms with Gasteiger partial charge in [0.1, 0.15) is 24.1 Å². The summed E-state index contributed by atoms with van der Waals surface area (Å²) >= 11 is 0. The molecular formula is C28H29FN2O4. The second-order valence-corrected chi connectivity index (χ2v) is 8.16. The fourth-order valence-corrected chi connectivity index (χ4v) is 3.79. The van der Waals surface area contributed by atoms with Crippen LogP contribution in [0.1, 0.15) is 51.2 Å². The molecule has 2 aromatic rings. The van der Waals surface area contributed by atoms with Crippen molar-refractivity contribution < 1.29 is 23.5 Å². The van der Waals surface area contributed by atoms with Crippen LogP contribution in [-0.4, -0.2) is 29.9 Å². The first kappa shape index (κ1) is 25.7. The fraction of sp³-hybridized carbons (Fsp3) is 0.321. The monoisotopic (exact) mass is 476 g/mol. The van der Waals surface area contributed by atoms with E-state index in [1.165, 1.54) is 6.07 Å². The molecule has 0 saturated carbocycles. The second-order valence-electron chi connectivity index (χ2n) is 8.16. The van der Waals surface area contributed by atoms with Crippen LogP contribution >= 0.6 is 0 Å². The highest BCUT2D eigenvalue weighted by atomic mass is 19.1. The summed E-state index contributed by atoms with van der Waals surface area (Å²) in [6.07, 6.45) is 4.16. The van der Waals surface area contributed by atoms with Gasteiger partial charge in [0.25, 0.3) is 11.8 Å². The van der Waals surface area contributed by atoms with Crippen LogP contribution in [0.5, 0.6) is 11.5 Å². The third-order valence-electron chi connectivity index (χ3n) is 5.73. The molecule has 2 amide bonds. The molecule has 35 heavy (non-hydrogen) atoms. The van der Waals surface area contributed by atoms with Gasteiger partial charge >= 0.3 is 0 Å². The number of unbranched alkanes of at least 4 members (excludes halogenated alkanes) is 2. The van der Waals surface area contributed by atoms with Crippen molar-refractivity contribution in [2.45, 2.75) is 46.6 Å². The van der Waals surface area contributed by atoms with Crippen molar-refractivity contribution in [2.24, 2.45) is 0 Å². The number of hydrogen-bond donors (Lipinski definition) is 0. The Bertz CT molecular complexity index is 1210. The van der Waals surface area contributed by atoms with E-state index < -0.39 is 11.8 Å². The Morgan fingerprint density at radius 2 is 1.80 bits per heavy atom. The molecule has 0 aliphatic carbocycles. The van der Waals surface area contributed by atoms with E-state index in [-0.39, 0.29) is 24.5 Å². The van der Waals surface area contributed by atoms with Crippen LogP contribution in [0.25, 0.3) is 6.08 Å². The van der Waals surface area contributed by atoms with Crippen molar-refractivity contribution in [2.75, 3.05) is 13.2 Å². The lowest BCUT2D eigenvalue weighted by atomic mass is 9.93. The summed E-state index contributed by atoms with van der Waals surface area (Å²) in [5.74, 6) is -0.431. The van der Waals surface area contributed by atoms with Gasteiger partial charge in [-0.15, -0.1) is 0 Å². The summed E-state index contributed by atoms with van der Waals surface area (Å²) in [7, 11) is 0. The molecule has 0 fully saturated rings. The normalized spacial score (nSPS) is 14.9. The van der Waals surface area contributed by atoms with E-state index in [4.69, 9.17) is 9.47 Å². The van der Waals surface area contributed by atoms with Crippen LogP contribution in [0.15, 0.2) is 59.2 Å². The van der Waals surface area contributed by atoms with E-state index in [1.54, 1.807) is 49.4 Å². The standard InChI is InChI=1S/C28H29FN2O4/c1-4-6-9-14-31-27(32)22(19(3)23(17-30)28(31)33)15-20-12-13-25(26(16-20)34-5-2)35-18-21-10-7-8-11-24(21)29/h7-8,10-13,15-16H,4-6,9,14,18H2,1-3H3/b22-15+. The summed E-state index contributed by atoms with van der Waals surface area (Å²) < 4.78 is 25.5. The average molecular weight is 477 g/mol. The third-order valence-corrected chi connectivity index (χ3v) is 5.73. The molecular weight excluding hydrogens is 447 g/mol. The zero-order valence-electron chi connectivity index (χ0n) is 20.3. The molecule has 0 radical (unpaired) electrons. The van der Waals surface area contributed by atoms with Crippen molar-refractivity contribution >= 4 is 17.9 Å².